The number of hydrogen-bond acceptors (Lipinski definition) is 5. The molecule has 4 aromatic rings. The third-order valence-electron chi connectivity index (χ3n) is 7.38. The highest BCUT2D eigenvalue weighted by atomic mass is 19.4. The molecule has 3 aromatic carbocycles. The predicted molar refractivity (Wildman–Crippen MR) is 168 cm³/mol. The summed E-state index contributed by atoms with van der Waals surface area (Å²) in [4.78, 5) is 43.5. The molecule has 0 aliphatic carbocycles. The molecule has 12 heteroatoms. The molecule has 1 aliphatic heterocycles. The molecular formula is C34H31F3N6O3. The fourth-order valence-corrected chi connectivity index (χ4v) is 5.33. The van der Waals surface area contributed by atoms with E-state index in [0.717, 1.165) is 18.2 Å². The molecule has 2 heterocycles. The zero-order valence-electron chi connectivity index (χ0n) is 25.3. The van der Waals surface area contributed by atoms with E-state index >= 15 is 0 Å². The summed E-state index contributed by atoms with van der Waals surface area (Å²) in [6.07, 6.45) is -3.04. The predicted octanol–water partition coefficient (Wildman–Crippen LogP) is 4.69. The number of halogens is 3. The van der Waals surface area contributed by atoms with E-state index in [1.54, 1.807) is 42.1 Å². The number of para-hydroxylation sites is 1. The van der Waals surface area contributed by atoms with Crippen LogP contribution >= 0.6 is 0 Å². The second-order valence-corrected chi connectivity index (χ2v) is 10.9. The van der Waals surface area contributed by atoms with Crippen LogP contribution in [-0.4, -0.2) is 65.6 Å². The Hall–Kier alpha value is -5.41. The third kappa shape index (κ3) is 6.79. The summed E-state index contributed by atoms with van der Waals surface area (Å²) >= 11 is 0. The molecule has 0 saturated heterocycles. The number of nitrogens with zero attached hydrogens (tertiary/aromatic N) is 4. The first-order chi connectivity index (χ1) is 22.0. The monoisotopic (exact) mass is 628 g/mol. The van der Waals surface area contributed by atoms with Gasteiger partial charge in [-0.05, 0) is 75.0 Å². The molecule has 236 valence electrons. The van der Waals surface area contributed by atoms with Gasteiger partial charge in [-0.2, -0.15) is 18.3 Å². The summed E-state index contributed by atoms with van der Waals surface area (Å²) in [5.74, 6) is 3.16. The minimum absolute atomic E-state index is 0.231. The zero-order valence-corrected chi connectivity index (χ0v) is 25.3. The van der Waals surface area contributed by atoms with E-state index in [0.29, 0.717) is 34.9 Å². The number of nitrogens with one attached hydrogen (secondary N) is 2. The van der Waals surface area contributed by atoms with Crippen molar-refractivity contribution in [3.05, 3.63) is 107 Å². The molecule has 2 atom stereocenters. The van der Waals surface area contributed by atoms with E-state index < -0.39 is 41.4 Å². The fraction of sp³-hybridized carbons (Fsp3) is 0.235. The zero-order chi connectivity index (χ0) is 33.0. The summed E-state index contributed by atoms with van der Waals surface area (Å²) in [5, 5.41) is 10.1. The van der Waals surface area contributed by atoms with E-state index in [9.17, 15) is 27.6 Å². The number of fused-ring (bicyclic) bond motifs is 1. The molecule has 1 aliphatic rings. The Kier molecular flexibility index (Phi) is 9.25. The first kappa shape index (κ1) is 32.0. The average Bonchev–Trinajstić information content (AvgIpc) is 3.46. The largest absolute Gasteiger partial charge is 0.416 e. The summed E-state index contributed by atoms with van der Waals surface area (Å²) in [7, 11) is 3.66. The summed E-state index contributed by atoms with van der Waals surface area (Å²) in [6, 6.07) is 18.8. The number of anilines is 2. The lowest BCUT2D eigenvalue weighted by atomic mass is 9.82. The maximum Gasteiger partial charge on any atom is 0.416 e. The van der Waals surface area contributed by atoms with Gasteiger partial charge >= 0.3 is 6.18 Å². The number of benzene rings is 3. The number of alkyl halides is 3. The van der Waals surface area contributed by atoms with Crippen LogP contribution in [0.3, 0.4) is 0 Å². The smallest absolute Gasteiger partial charge is 0.339 e. The van der Waals surface area contributed by atoms with Crippen molar-refractivity contribution in [1.29, 1.82) is 0 Å². The van der Waals surface area contributed by atoms with Crippen LogP contribution in [0.25, 0.3) is 5.69 Å². The minimum atomic E-state index is -4.65. The van der Waals surface area contributed by atoms with E-state index in [4.69, 9.17) is 0 Å². The average molecular weight is 629 g/mol. The molecule has 46 heavy (non-hydrogen) atoms. The van der Waals surface area contributed by atoms with Crippen molar-refractivity contribution in [1.82, 2.24) is 20.0 Å². The Labute approximate surface area is 264 Å². The molecule has 0 saturated carbocycles. The summed E-state index contributed by atoms with van der Waals surface area (Å²) in [6.45, 7) is 2.41. The molecule has 0 bridgehead atoms. The van der Waals surface area contributed by atoms with Crippen molar-refractivity contribution in [2.75, 3.05) is 37.4 Å². The topological polar surface area (TPSA) is 99.6 Å². The van der Waals surface area contributed by atoms with Crippen molar-refractivity contribution in [2.45, 2.75) is 25.1 Å². The van der Waals surface area contributed by atoms with Gasteiger partial charge in [0.05, 0.1) is 24.0 Å². The van der Waals surface area contributed by atoms with E-state index in [1.807, 2.05) is 49.3 Å². The van der Waals surface area contributed by atoms with Gasteiger partial charge in [0.1, 0.15) is 11.9 Å². The molecule has 9 nitrogen and oxygen atoms in total. The molecule has 0 unspecified atom stereocenters. The second-order valence-electron chi connectivity index (χ2n) is 10.9. The number of hydrogen-bond donors (Lipinski definition) is 2. The second kappa shape index (κ2) is 13.3. The lowest BCUT2D eigenvalue weighted by molar-refractivity contribution is -0.137. The fourth-order valence-electron chi connectivity index (χ4n) is 5.33. The number of likely N-dealkylation sites (N-methyl/N-ethyl adjacent to an activating group) is 1. The lowest BCUT2D eigenvalue weighted by Crippen LogP contribution is -2.55. The van der Waals surface area contributed by atoms with Gasteiger partial charge in [0.15, 0.2) is 0 Å². The van der Waals surface area contributed by atoms with Crippen molar-refractivity contribution < 1.29 is 27.6 Å². The van der Waals surface area contributed by atoms with Crippen molar-refractivity contribution in [3.63, 3.8) is 0 Å². The molecule has 2 N–H and O–H groups in total. The highest BCUT2D eigenvalue weighted by molar-refractivity contribution is 6.06. The Morgan fingerprint density at radius 1 is 1.00 bits per heavy atom. The molecule has 0 spiro atoms. The lowest BCUT2D eigenvalue weighted by Gasteiger charge is -2.38. The molecule has 1 aromatic heterocycles. The highest BCUT2D eigenvalue weighted by Crippen LogP contribution is 2.42. The Balaban J connectivity index is 1.58. The molecule has 5 rings (SSSR count). The molecular weight excluding hydrogens is 597 g/mol. The molecule has 0 radical (unpaired) electrons. The van der Waals surface area contributed by atoms with Crippen LogP contribution in [0.1, 0.15) is 39.9 Å². The molecule has 3 amide bonds. The Morgan fingerprint density at radius 2 is 1.74 bits per heavy atom. The minimum Gasteiger partial charge on any atom is -0.339 e. The summed E-state index contributed by atoms with van der Waals surface area (Å²) in [5.41, 5.74) is 1.06. The van der Waals surface area contributed by atoms with Gasteiger partial charge in [-0.25, -0.2) is 4.68 Å². The van der Waals surface area contributed by atoms with Gasteiger partial charge in [0.25, 0.3) is 17.7 Å². The van der Waals surface area contributed by atoms with Crippen molar-refractivity contribution in [3.8, 4) is 17.5 Å². The van der Waals surface area contributed by atoms with Crippen LogP contribution in [0.15, 0.2) is 85.1 Å². The van der Waals surface area contributed by atoms with Gasteiger partial charge in [0, 0.05) is 29.3 Å². The molecule has 0 fully saturated rings. The van der Waals surface area contributed by atoms with Gasteiger partial charge in [-0.1, -0.05) is 42.3 Å². The summed E-state index contributed by atoms with van der Waals surface area (Å²) < 4.78 is 41.9. The van der Waals surface area contributed by atoms with E-state index in [-0.39, 0.29) is 12.1 Å². The standard InChI is InChI=1S/C34H31F3N6O3/c1-4-42-32-27(21-38-43(32)26-15-6-5-7-16-26)29(22-11-9-14-25(20-22)39-28(44)17-10-18-41(2)3)30(33(42)46)40-31(45)23-12-8-13-24(19-23)34(35,36)37/h5-9,11-16,19-21,29-30H,4,18H2,1-3H3,(H,39,44)(H,40,45)/t29-,30+/m1/s1. The van der Waals surface area contributed by atoms with Gasteiger partial charge < -0.3 is 10.6 Å². The van der Waals surface area contributed by atoms with E-state index in [1.165, 1.54) is 11.0 Å². The van der Waals surface area contributed by atoms with Crippen LogP contribution in [-0.2, 0) is 15.8 Å². The van der Waals surface area contributed by atoms with Crippen molar-refractivity contribution >= 4 is 29.2 Å². The Bertz CT molecular complexity index is 1820. The maximum absolute atomic E-state index is 14.2. The normalized spacial score (nSPS) is 16.0. The Morgan fingerprint density at radius 3 is 2.43 bits per heavy atom. The number of carbonyl (C=O) groups is 3. The first-order valence-corrected chi connectivity index (χ1v) is 14.4. The number of carbonyl (C=O) groups excluding carboxylic acids is 3. The van der Waals surface area contributed by atoms with Crippen LogP contribution in [0.4, 0.5) is 24.7 Å². The number of amides is 3. The SMILES string of the molecule is CCN1C(=O)[C@@H](NC(=O)c2cccc(C(F)(F)F)c2)[C@H](c2cccc(NC(=O)C#CCN(C)C)c2)c2cnn(-c3ccccc3)c21. The van der Waals surface area contributed by atoms with E-state index in [2.05, 4.69) is 27.6 Å². The highest BCUT2D eigenvalue weighted by Gasteiger charge is 2.44. The maximum atomic E-state index is 14.2. The van der Waals surface area contributed by atoms with Crippen molar-refractivity contribution in [2.24, 2.45) is 0 Å². The quantitative estimate of drug-likeness (QED) is 0.290. The number of rotatable bonds is 7. The van der Waals surface area contributed by atoms with Gasteiger partial charge in [-0.15, -0.1) is 0 Å². The third-order valence-corrected chi connectivity index (χ3v) is 7.38. The van der Waals surface area contributed by atoms with Crippen LogP contribution in [0.2, 0.25) is 0 Å². The van der Waals surface area contributed by atoms with Gasteiger partial charge in [-0.3, -0.25) is 24.2 Å². The van der Waals surface area contributed by atoms with Crippen LogP contribution in [0, 0.1) is 11.8 Å². The first-order valence-electron chi connectivity index (χ1n) is 14.4. The van der Waals surface area contributed by atoms with Crippen LogP contribution in [0.5, 0.6) is 0 Å². The van der Waals surface area contributed by atoms with Crippen LogP contribution < -0.4 is 15.5 Å². The van der Waals surface area contributed by atoms with Gasteiger partial charge in [0.2, 0.25) is 0 Å². The number of aromatic nitrogens is 2.